The Labute approximate surface area is 80.7 Å². The maximum Gasteiger partial charge on any atom is 0.222 e. The highest BCUT2D eigenvalue weighted by molar-refractivity contribution is 4.54. The number of hydrogen-bond acceptors (Lipinski definition) is 3. The molecule has 3 heteroatoms. The first-order chi connectivity index (χ1) is 6.20. The van der Waals surface area contributed by atoms with E-state index < -0.39 is 0 Å². The first-order valence-corrected chi connectivity index (χ1v) is 4.49. The summed E-state index contributed by atoms with van der Waals surface area (Å²) >= 11 is 0. The molecule has 0 amide bonds. The van der Waals surface area contributed by atoms with Crippen molar-refractivity contribution in [3.8, 4) is 0 Å². The Morgan fingerprint density at radius 1 is 1.31 bits per heavy atom. The molecule has 3 nitrogen and oxygen atoms in total. The van der Waals surface area contributed by atoms with Gasteiger partial charge in [0.15, 0.2) is 0 Å². The molecule has 0 rings (SSSR count). The van der Waals surface area contributed by atoms with Gasteiger partial charge in [-0.3, -0.25) is 0 Å². The van der Waals surface area contributed by atoms with Gasteiger partial charge in [-0.05, 0) is 20.3 Å². The van der Waals surface area contributed by atoms with Gasteiger partial charge in [0, 0.05) is 0 Å². The van der Waals surface area contributed by atoms with Crippen LogP contribution >= 0.6 is 0 Å². The molecule has 0 heterocycles. The maximum absolute atomic E-state index is 5.34. The highest BCUT2D eigenvalue weighted by atomic mass is 16.7. The Morgan fingerprint density at radius 3 is 2.46 bits per heavy atom. The lowest BCUT2D eigenvalue weighted by molar-refractivity contribution is -0.149. The second-order valence-electron chi connectivity index (χ2n) is 2.84. The van der Waals surface area contributed by atoms with Gasteiger partial charge in [0.25, 0.3) is 0 Å². The van der Waals surface area contributed by atoms with Crippen LogP contribution in [0.25, 0.3) is 0 Å². The van der Waals surface area contributed by atoms with E-state index in [0.717, 1.165) is 6.42 Å². The summed E-state index contributed by atoms with van der Waals surface area (Å²) < 4.78 is 15.7. The van der Waals surface area contributed by atoms with Crippen molar-refractivity contribution in [2.75, 3.05) is 13.2 Å². The minimum absolute atomic E-state index is 0.180. The van der Waals surface area contributed by atoms with Crippen molar-refractivity contribution in [2.24, 2.45) is 0 Å². The van der Waals surface area contributed by atoms with Gasteiger partial charge >= 0.3 is 0 Å². The van der Waals surface area contributed by atoms with E-state index in [-0.39, 0.29) is 12.4 Å². The molecular formula is C10H19O3. The van der Waals surface area contributed by atoms with Crippen LogP contribution in [0.4, 0.5) is 0 Å². The number of hydrogen-bond donors (Lipinski definition) is 0. The third kappa shape index (κ3) is 7.81. The molecular weight excluding hydrogens is 168 g/mol. The van der Waals surface area contributed by atoms with Crippen LogP contribution in [0.5, 0.6) is 0 Å². The summed E-state index contributed by atoms with van der Waals surface area (Å²) in [5, 5.41) is 0. The second-order valence-corrected chi connectivity index (χ2v) is 2.84. The average Bonchev–Trinajstić information content (AvgIpc) is 2.09. The van der Waals surface area contributed by atoms with Crippen molar-refractivity contribution in [3.63, 3.8) is 0 Å². The monoisotopic (exact) mass is 187 g/mol. The Balaban J connectivity index is 3.59. The van der Waals surface area contributed by atoms with Crippen LogP contribution in [0.3, 0.4) is 0 Å². The van der Waals surface area contributed by atoms with Crippen LogP contribution in [-0.2, 0) is 14.2 Å². The lowest BCUT2D eigenvalue weighted by Crippen LogP contribution is -2.23. The molecule has 0 aliphatic rings. The Hall–Kier alpha value is -0.540. The molecule has 0 bridgehead atoms. The van der Waals surface area contributed by atoms with E-state index >= 15 is 0 Å². The molecule has 1 unspecified atom stereocenters. The fourth-order valence-corrected chi connectivity index (χ4v) is 0.720. The Morgan fingerprint density at radius 2 is 2.00 bits per heavy atom. The molecule has 0 spiro atoms. The lowest BCUT2D eigenvalue weighted by atomic mass is 10.5. The molecule has 0 saturated heterocycles. The van der Waals surface area contributed by atoms with Crippen molar-refractivity contribution < 1.29 is 14.2 Å². The fraction of sp³-hybridized carbons (Fsp3) is 0.700. The molecule has 77 valence electrons. The molecule has 0 aliphatic carbocycles. The van der Waals surface area contributed by atoms with E-state index in [1.54, 1.807) is 0 Å². The molecule has 0 aliphatic heterocycles. The summed E-state index contributed by atoms with van der Waals surface area (Å²) in [7, 11) is 0. The molecule has 0 saturated carbocycles. The van der Waals surface area contributed by atoms with E-state index in [1.807, 2.05) is 13.8 Å². The van der Waals surface area contributed by atoms with Gasteiger partial charge in [-0.1, -0.05) is 13.5 Å². The largest absolute Gasteiger partial charge is 0.471 e. The van der Waals surface area contributed by atoms with E-state index in [4.69, 9.17) is 14.2 Å². The van der Waals surface area contributed by atoms with Crippen LogP contribution in [0.2, 0.25) is 0 Å². The normalized spacial score (nSPS) is 12.9. The predicted molar refractivity (Wildman–Crippen MR) is 52.1 cm³/mol. The third-order valence-electron chi connectivity index (χ3n) is 1.26. The molecule has 0 aromatic rings. The zero-order valence-corrected chi connectivity index (χ0v) is 8.49. The minimum atomic E-state index is -0.360. The third-order valence-corrected chi connectivity index (χ3v) is 1.26. The van der Waals surface area contributed by atoms with Gasteiger partial charge < -0.3 is 14.2 Å². The van der Waals surface area contributed by atoms with Gasteiger partial charge in [-0.15, -0.1) is 0 Å². The smallest absolute Gasteiger partial charge is 0.222 e. The van der Waals surface area contributed by atoms with E-state index in [1.165, 1.54) is 6.26 Å². The van der Waals surface area contributed by atoms with Crippen molar-refractivity contribution >= 4 is 0 Å². The van der Waals surface area contributed by atoms with Crippen molar-refractivity contribution in [3.05, 3.63) is 19.8 Å². The Bertz CT molecular complexity index is 123. The SMILES string of the molecule is [CH2]CCOC(COC(C)C)OC=C. The second kappa shape index (κ2) is 8.08. The van der Waals surface area contributed by atoms with E-state index in [0.29, 0.717) is 13.2 Å². The summed E-state index contributed by atoms with van der Waals surface area (Å²) in [6.45, 7) is 12.0. The topological polar surface area (TPSA) is 27.7 Å². The van der Waals surface area contributed by atoms with Gasteiger partial charge in [0.1, 0.15) is 6.61 Å². The van der Waals surface area contributed by atoms with Crippen LogP contribution in [-0.4, -0.2) is 25.6 Å². The first kappa shape index (κ1) is 12.5. The average molecular weight is 187 g/mol. The molecule has 13 heavy (non-hydrogen) atoms. The van der Waals surface area contributed by atoms with Crippen LogP contribution < -0.4 is 0 Å². The van der Waals surface area contributed by atoms with Crippen LogP contribution in [0.15, 0.2) is 12.8 Å². The minimum Gasteiger partial charge on any atom is -0.471 e. The maximum atomic E-state index is 5.34. The summed E-state index contributed by atoms with van der Waals surface area (Å²) in [6.07, 6.45) is 1.90. The molecule has 1 atom stereocenters. The van der Waals surface area contributed by atoms with Gasteiger partial charge in [0.2, 0.25) is 6.29 Å². The van der Waals surface area contributed by atoms with E-state index in [9.17, 15) is 0 Å². The molecule has 0 aromatic heterocycles. The van der Waals surface area contributed by atoms with Crippen LogP contribution in [0.1, 0.15) is 20.3 Å². The quantitative estimate of drug-likeness (QED) is 0.430. The summed E-state index contributed by atoms with van der Waals surface area (Å²) in [5.74, 6) is 0. The van der Waals surface area contributed by atoms with Crippen molar-refractivity contribution in [1.29, 1.82) is 0 Å². The van der Waals surface area contributed by atoms with Crippen LogP contribution in [0, 0.1) is 6.92 Å². The Kier molecular flexibility index (Phi) is 7.74. The number of ether oxygens (including phenoxy) is 3. The highest BCUT2D eigenvalue weighted by Crippen LogP contribution is 2.00. The zero-order chi connectivity index (χ0) is 10.1. The van der Waals surface area contributed by atoms with Crippen molar-refractivity contribution in [2.45, 2.75) is 32.7 Å². The highest BCUT2D eigenvalue weighted by Gasteiger charge is 2.08. The van der Waals surface area contributed by atoms with Gasteiger partial charge in [-0.2, -0.15) is 0 Å². The predicted octanol–water partition coefficient (Wildman–Crippen LogP) is 2.14. The standard InChI is InChI=1S/C10H19O3/c1-5-7-12-10(11-6-2)8-13-9(3)4/h6,9-10H,1-2,5,7-8H2,3-4H3. The number of rotatable bonds is 8. The fourth-order valence-electron chi connectivity index (χ4n) is 0.720. The first-order valence-electron chi connectivity index (χ1n) is 4.49. The van der Waals surface area contributed by atoms with Gasteiger partial charge in [-0.25, -0.2) is 0 Å². The molecule has 0 aromatic carbocycles. The van der Waals surface area contributed by atoms with E-state index in [2.05, 4.69) is 13.5 Å². The van der Waals surface area contributed by atoms with Crippen molar-refractivity contribution in [1.82, 2.24) is 0 Å². The lowest BCUT2D eigenvalue weighted by Gasteiger charge is -2.18. The summed E-state index contributed by atoms with van der Waals surface area (Å²) in [4.78, 5) is 0. The molecule has 0 N–H and O–H groups in total. The summed E-state index contributed by atoms with van der Waals surface area (Å²) in [5.41, 5.74) is 0. The molecule has 0 fully saturated rings. The van der Waals surface area contributed by atoms with Gasteiger partial charge in [0.05, 0.1) is 19.0 Å². The molecule has 1 radical (unpaired) electrons. The summed E-state index contributed by atoms with van der Waals surface area (Å²) in [6, 6.07) is 0. The zero-order valence-electron chi connectivity index (χ0n) is 8.49.